The van der Waals surface area contributed by atoms with E-state index < -0.39 is 5.82 Å². The van der Waals surface area contributed by atoms with E-state index in [1.807, 2.05) is 0 Å². The molecule has 2 fully saturated rings. The highest BCUT2D eigenvalue weighted by Gasteiger charge is 2.53. The summed E-state index contributed by atoms with van der Waals surface area (Å²) in [7, 11) is 0. The third-order valence-corrected chi connectivity index (χ3v) is 6.70. The summed E-state index contributed by atoms with van der Waals surface area (Å²) in [6, 6.07) is 1.75. The van der Waals surface area contributed by atoms with Crippen molar-refractivity contribution in [2.75, 3.05) is 31.1 Å². The normalized spacial score (nSPS) is 18.9. The molecule has 2 aliphatic heterocycles. The predicted molar refractivity (Wildman–Crippen MR) is 93.7 cm³/mol. The average molecular weight is 417 g/mol. The van der Waals surface area contributed by atoms with Gasteiger partial charge in [-0.1, -0.05) is 18.2 Å². The van der Waals surface area contributed by atoms with Crippen molar-refractivity contribution in [1.82, 2.24) is 9.27 Å². The van der Waals surface area contributed by atoms with Gasteiger partial charge in [-0.05, 0) is 39.6 Å². The first-order valence-corrected chi connectivity index (χ1v) is 8.98. The molecule has 4 nitrogen and oxygen atoms in total. The van der Waals surface area contributed by atoms with Gasteiger partial charge in [0.15, 0.2) is 5.82 Å². The van der Waals surface area contributed by atoms with Crippen molar-refractivity contribution < 1.29 is 9.18 Å². The van der Waals surface area contributed by atoms with Crippen LogP contribution in [0.5, 0.6) is 0 Å². The SMILES string of the molecule is C=CC(=O)N1CC2(C1)CN(c1snc3c(F)c(Br)c(Cl)cc13)C2. The molecule has 2 aromatic rings. The van der Waals surface area contributed by atoms with Crippen molar-refractivity contribution in [2.24, 2.45) is 5.41 Å². The van der Waals surface area contributed by atoms with Crippen molar-refractivity contribution in [3.63, 3.8) is 0 Å². The van der Waals surface area contributed by atoms with Crippen LogP contribution < -0.4 is 4.90 Å². The molecule has 0 unspecified atom stereocenters. The van der Waals surface area contributed by atoms with Crippen LogP contribution >= 0.6 is 39.1 Å². The van der Waals surface area contributed by atoms with E-state index in [0.717, 1.165) is 36.6 Å². The second-order valence-electron chi connectivity index (χ2n) is 6.12. The highest BCUT2D eigenvalue weighted by Crippen LogP contribution is 2.46. The third-order valence-electron chi connectivity index (χ3n) is 4.47. The Kier molecular flexibility index (Phi) is 3.44. The van der Waals surface area contributed by atoms with Gasteiger partial charge in [-0.2, -0.15) is 4.37 Å². The molecule has 0 radical (unpaired) electrons. The molecule has 4 rings (SSSR count). The van der Waals surface area contributed by atoms with Crippen LogP contribution in [0.2, 0.25) is 5.02 Å². The van der Waals surface area contributed by atoms with E-state index in [1.54, 1.807) is 11.0 Å². The Balaban J connectivity index is 1.55. The van der Waals surface area contributed by atoms with Crippen LogP contribution in [0, 0.1) is 11.2 Å². The molecule has 0 bridgehead atoms. The Bertz CT molecular complexity index is 841. The fraction of sp³-hybridized carbons (Fsp3) is 0.333. The van der Waals surface area contributed by atoms with Gasteiger partial charge in [0.05, 0.1) is 9.50 Å². The van der Waals surface area contributed by atoms with Gasteiger partial charge in [0.2, 0.25) is 5.91 Å². The van der Waals surface area contributed by atoms with Gasteiger partial charge in [-0.15, -0.1) is 0 Å². The number of hydrogen-bond acceptors (Lipinski definition) is 4. The molecule has 3 heterocycles. The fourth-order valence-electron chi connectivity index (χ4n) is 3.36. The largest absolute Gasteiger partial charge is 0.360 e. The highest BCUT2D eigenvalue weighted by atomic mass is 79.9. The second kappa shape index (κ2) is 5.16. The summed E-state index contributed by atoms with van der Waals surface area (Å²) in [5, 5.41) is 2.03. The van der Waals surface area contributed by atoms with E-state index in [2.05, 4.69) is 31.8 Å². The number of fused-ring (bicyclic) bond motifs is 1. The first-order chi connectivity index (χ1) is 10.9. The summed E-state index contributed by atoms with van der Waals surface area (Å²) in [5.74, 6) is -0.437. The molecule has 2 aliphatic rings. The van der Waals surface area contributed by atoms with Crippen LogP contribution in [0.25, 0.3) is 10.9 Å². The van der Waals surface area contributed by atoms with Crippen LogP contribution in [0.3, 0.4) is 0 Å². The zero-order valence-corrected chi connectivity index (χ0v) is 15.1. The number of halogens is 3. The molecule has 1 aromatic carbocycles. The van der Waals surface area contributed by atoms with Crippen LogP contribution in [0.1, 0.15) is 0 Å². The molecule has 120 valence electrons. The summed E-state index contributed by atoms with van der Waals surface area (Å²) in [5.41, 5.74) is 0.506. The Morgan fingerprint density at radius 3 is 2.83 bits per heavy atom. The monoisotopic (exact) mass is 415 g/mol. The van der Waals surface area contributed by atoms with E-state index in [0.29, 0.717) is 10.5 Å². The maximum absolute atomic E-state index is 14.2. The van der Waals surface area contributed by atoms with Gasteiger partial charge in [-0.3, -0.25) is 4.79 Å². The van der Waals surface area contributed by atoms with Crippen LogP contribution in [0.4, 0.5) is 9.39 Å². The molecule has 0 atom stereocenters. The Hall–Kier alpha value is -1.18. The lowest BCUT2D eigenvalue weighted by Gasteiger charge is -2.60. The lowest BCUT2D eigenvalue weighted by molar-refractivity contribution is -0.139. The lowest BCUT2D eigenvalue weighted by Crippen LogP contribution is -2.72. The molecule has 0 aliphatic carbocycles. The number of likely N-dealkylation sites (tertiary alicyclic amines) is 1. The number of benzene rings is 1. The molecule has 0 N–H and O–H groups in total. The van der Waals surface area contributed by atoms with E-state index in [1.165, 1.54) is 17.6 Å². The maximum atomic E-state index is 14.2. The Morgan fingerprint density at radius 1 is 1.48 bits per heavy atom. The van der Waals surface area contributed by atoms with E-state index in [9.17, 15) is 9.18 Å². The molecule has 0 saturated carbocycles. The van der Waals surface area contributed by atoms with Gasteiger partial charge in [-0.25, -0.2) is 4.39 Å². The summed E-state index contributed by atoms with van der Waals surface area (Å²) in [6.07, 6.45) is 1.35. The van der Waals surface area contributed by atoms with Gasteiger partial charge in [0, 0.05) is 37.0 Å². The number of rotatable bonds is 2. The average Bonchev–Trinajstić information content (AvgIpc) is 2.85. The summed E-state index contributed by atoms with van der Waals surface area (Å²) >= 11 is 10.5. The molecular formula is C15H12BrClFN3OS. The van der Waals surface area contributed by atoms with Gasteiger partial charge >= 0.3 is 0 Å². The van der Waals surface area contributed by atoms with Crippen molar-refractivity contribution >= 4 is 60.9 Å². The number of carbonyl (C=O) groups is 1. The molecule has 2 saturated heterocycles. The summed E-state index contributed by atoms with van der Waals surface area (Å²) in [6.45, 7) is 6.72. The summed E-state index contributed by atoms with van der Waals surface area (Å²) < 4.78 is 18.7. The maximum Gasteiger partial charge on any atom is 0.245 e. The molecule has 1 spiro atoms. The second-order valence-corrected chi connectivity index (χ2v) is 8.08. The molecule has 8 heteroatoms. The minimum Gasteiger partial charge on any atom is -0.360 e. The topological polar surface area (TPSA) is 36.4 Å². The Morgan fingerprint density at radius 2 is 2.17 bits per heavy atom. The fourth-order valence-corrected chi connectivity index (χ4v) is 4.71. The number of nitrogens with zero attached hydrogens (tertiary/aromatic N) is 3. The molecule has 23 heavy (non-hydrogen) atoms. The zero-order valence-electron chi connectivity index (χ0n) is 12.0. The first-order valence-electron chi connectivity index (χ1n) is 7.03. The molecular weight excluding hydrogens is 405 g/mol. The van der Waals surface area contributed by atoms with Gasteiger partial charge < -0.3 is 9.80 Å². The predicted octanol–water partition coefficient (Wildman–Crippen LogP) is 3.69. The number of anilines is 1. The number of amides is 1. The number of hydrogen-bond donors (Lipinski definition) is 0. The number of aromatic nitrogens is 1. The minimum atomic E-state index is -0.420. The lowest BCUT2D eigenvalue weighted by atomic mass is 9.73. The van der Waals surface area contributed by atoms with Gasteiger partial charge in [0.1, 0.15) is 10.5 Å². The third kappa shape index (κ3) is 2.21. The van der Waals surface area contributed by atoms with Crippen LogP contribution in [-0.2, 0) is 4.79 Å². The zero-order chi connectivity index (χ0) is 16.4. The van der Waals surface area contributed by atoms with E-state index >= 15 is 0 Å². The first kappa shape index (κ1) is 15.4. The van der Waals surface area contributed by atoms with E-state index in [-0.39, 0.29) is 15.8 Å². The van der Waals surface area contributed by atoms with Crippen molar-refractivity contribution in [1.29, 1.82) is 0 Å². The molecule has 1 amide bonds. The molecule has 1 aromatic heterocycles. The van der Waals surface area contributed by atoms with Gasteiger partial charge in [0.25, 0.3) is 0 Å². The smallest absolute Gasteiger partial charge is 0.245 e. The Labute approximate surface area is 149 Å². The standard InChI is InChI=1S/C15H12BrClFN3OS/c1-2-10(22)20-4-15(5-20)6-21(7-15)14-8-3-9(17)11(16)12(18)13(8)19-23-14/h2-3H,1,4-7H2. The highest BCUT2D eigenvalue weighted by molar-refractivity contribution is 9.10. The van der Waals surface area contributed by atoms with Crippen LogP contribution in [0.15, 0.2) is 23.2 Å². The minimum absolute atomic E-state index is 0.0176. The number of carbonyl (C=O) groups excluding carboxylic acids is 1. The summed E-state index contributed by atoms with van der Waals surface area (Å²) in [4.78, 5) is 15.5. The van der Waals surface area contributed by atoms with E-state index in [4.69, 9.17) is 11.6 Å². The van der Waals surface area contributed by atoms with Crippen molar-refractivity contribution in [3.8, 4) is 0 Å². The van der Waals surface area contributed by atoms with Crippen LogP contribution in [-0.4, -0.2) is 41.4 Å². The quantitative estimate of drug-likeness (QED) is 0.553. The van der Waals surface area contributed by atoms with Crippen molar-refractivity contribution in [3.05, 3.63) is 34.0 Å². The van der Waals surface area contributed by atoms with Crippen molar-refractivity contribution in [2.45, 2.75) is 0 Å².